The molecule has 1 saturated heterocycles. The van der Waals surface area contributed by atoms with Gasteiger partial charge in [0, 0.05) is 18.1 Å². The number of sulfonamides is 1. The largest absolute Gasteiger partial charge is 0.451 e. The topological polar surface area (TPSA) is 124 Å². The highest BCUT2D eigenvalue weighted by Gasteiger charge is 2.50. The number of nitro benzene ring substituents is 1. The van der Waals surface area contributed by atoms with Gasteiger partial charge in [-0.1, -0.05) is 67.6 Å². The molecule has 0 aliphatic carbocycles. The molecule has 186 valence electrons. The summed E-state index contributed by atoms with van der Waals surface area (Å²) in [6, 6.07) is 20.9. The number of non-ortho nitro benzene ring substituents is 1. The van der Waals surface area contributed by atoms with Crippen LogP contribution in [0.15, 0.2) is 89.8 Å². The molecule has 1 fully saturated rings. The van der Waals surface area contributed by atoms with Gasteiger partial charge in [0.15, 0.2) is 6.10 Å². The molecule has 0 radical (unpaired) electrons. The average Bonchev–Trinajstić information content (AvgIpc) is 3.25. The molecule has 10 heteroatoms. The van der Waals surface area contributed by atoms with Gasteiger partial charge >= 0.3 is 5.97 Å². The summed E-state index contributed by atoms with van der Waals surface area (Å²) in [4.78, 5) is 36.6. The molecule has 0 saturated carbocycles. The molecule has 0 aromatic heterocycles. The van der Waals surface area contributed by atoms with E-state index in [2.05, 4.69) is 0 Å². The van der Waals surface area contributed by atoms with Gasteiger partial charge in [-0.25, -0.2) is 17.5 Å². The number of nitrogens with zero attached hydrogens (tertiary/aromatic N) is 2. The lowest BCUT2D eigenvalue weighted by molar-refractivity contribution is -0.384. The number of carbonyl (C=O) groups is 2. The highest BCUT2D eigenvalue weighted by molar-refractivity contribution is 7.89. The first-order chi connectivity index (χ1) is 17.2. The van der Waals surface area contributed by atoms with Crippen molar-refractivity contribution < 1.29 is 27.7 Å². The second kappa shape index (κ2) is 10.3. The van der Waals surface area contributed by atoms with Crippen LogP contribution in [0, 0.1) is 16.0 Å². The summed E-state index contributed by atoms with van der Waals surface area (Å²) in [5.41, 5.74) is 1.09. The Balaban J connectivity index is 1.69. The first-order valence-electron chi connectivity index (χ1n) is 11.4. The lowest BCUT2D eigenvalue weighted by Crippen LogP contribution is -2.44. The molecule has 3 aromatic rings. The van der Waals surface area contributed by atoms with E-state index >= 15 is 0 Å². The summed E-state index contributed by atoms with van der Waals surface area (Å²) in [6.45, 7) is 1.74. The first kappa shape index (κ1) is 25.1. The van der Waals surface area contributed by atoms with Crippen molar-refractivity contribution in [3.05, 3.63) is 106 Å². The number of esters is 1. The normalized spacial score (nSPS) is 17.8. The number of benzene rings is 3. The third-order valence-corrected chi connectivity index (χ3v) is 7.99. The Morgan fingerprint density at radius 2 is 1.53 bits per heavy atom. The van der Waals surface area contributed by atoms with Gasteiger partial charge in [-0.3, -0.25) is 14.9 Å². The Bertz CT molecular complexity index is 1320. The van der Waals surface area contributed by atoms with E-state index in [1.807, 2.05) is 12.1 Å². The Morgan fingerprint density at radius 3 is 2.00 bits per heavy atom. The van der Waals surface area contributed by atoms with Crippen molar-refractivity contribution in [2.45, 2.75) is 36.8 Å². The van der Waals surface area contributed by atoms with Crippen molar-refractivity contribution >= 4 is 27.6 Å². The number of nitro groups is 1. The van der Waals surface area contributed by atoms with E-state index in [0.29, 0.717) is 21.9 Å². The molecule has 0 N–H and O–H groups in total. The predicted molar refractivity (Wildman–Crippen MR) is 130 cm³/mol. The standard InChI is InChI=1S/C26H24N2O7S/c1-2-18-17-23(27(25(18)29)36(33,34)22-15-13-21(14-16-22)28(31)32)26(30)35-24(19-9-5-3-6-10-19)20-11-7-4-8-12-20/h3-16,18,23-24H,2,17H2,1H3. The predicted octanol–water partition coefficient (Wildman–Crippen LogP) is 4.24. The number of hydrogen-bond donors (Lipinski definition) is 0. The second-order valence-corrected chi connectivity index (χ2v) is 10.2. The number of carbonyl (C=O) groups excluding carboxylic acids is 2. The van der Waals surface area contributed by atoms with Crippen molar-refractivity contribution in [3.63, 3.8) is 0 Å². The van der Waals surface area contributed by atoms with Crippen LogP contribution in [0.5, 0.6) is 0 Å². The molecule has 9 nitrogen and oxygen atoms in total. The summed E-state index contributed by atoms with van der Waals surface area (Å²) in [5.74, 6) is -2.22. The molecular formula is C26H24N2O7S. The van der Waals surface area contributed by atoms with Crippen LogP contribution in [0.25, 0.3) is 0 Å². The van der Waals surface area contributed by atoms with Crippen LogP contribution in [-0.2, 0) is 24.3 Å². The minimum absolute atomic E-state index is 0.0172. The van der Waals surface area contributed by atoms with Crippen molar-refractivity contribution in [1.29, 1.82) is 0 Å². The molecule has 0 spiro atoms. The van der Waals surface area contributed by atoms with Gasteiger partial charge in [0.2, 0.25) is 5.91 Å². The van der Waals surface area contributed by atoms with Gasteiger partial charge in [-0.15, -0.1) is 0 Å². The molecule has 36 heavy (non-hydrogen) atoms. The molecule has 2 atom stereocenters. The van der Waals surface area contributed by atoms with Gasteiger partial charge in [0.05, 0.1) is 9.82 Å². The molecule has 2 unspecified atom stereocenters. The maximum absolute atomic E-state index is 13.5. The minimum atomic E-state index is -4.47. The van der Waals surface area contributed by atoms with Crippen LogP contribution < -0.4 is 0 Å². The van der Waals surface area contributed by atoms with Crippen molar-refractivity contribution in [2.24, 2.45) is 5.92 Å². The first-order valence-corrected chi connectivity index (χ1v) is 12.8. The summed E-state index contributed by atoms with van der Waals surface area (Å²) in [7, 11) is -4.47. The molecule has 1 heterocycles. The molecular weight excluding hydrogens is 484 g/mol. The van der Waals surface area contributed by atoms with Gasteiger partial charge < -0.3 is 4.74 Å². The fraction of sp³-hybridized carbons (Fsp3) is 0.231. The quantitative estimate of drug-likeness (QED) is 0.253. The monoisotopic (exact) mass is 508 g/mol. The van der Waals surface area contributed by atoms with Crippen LogP contribution in [0.2, 0.25) is 0 Å². The van der Waals surface area contributed by atoms with Gasteiger partial charge in [-0.05, 0) is 36.1 Å². The zero-order valence-corrected chi connectivity index (χ0v) is 20.2. The van der Waals surface area contributed by atoms with Crippen LogP contribution >= 0.6 is 0 Å². The Kier molecular flexibility index (Phi) is 7.16. The van der Waals surface area contributed by atoms with E-state index in [0.717, 1.165) is 24.3 Å². The van der Waals surface area contributed by atoms with Gasteiger partial charge in [0.1, 0.15) is 6.04 Å². The van der Waals surface area contributed by atoms with Crippen LogP contribution in [0.3, 0.4) is 0 Å². The molecule has 0 bridgehead atoms. The molecule has 1 amide bonds. The van der Waals surface area contributed by atoms with E-state index in [1.165, 1.54) is 0 Å². The maximum Gasteiger partial charge on any atom is 0.331 e. The number of amides is 1. The molecule has 3 aromatic carbocycles. The van der Waals surface area contributed by atoms with E-state index in [-0.39, 0.29) is 17.0 Å². The highest BCUT2D eigenvalue weighted by atomic mass is 32.2. The maximum atomic E-state index is 13.5. The Labute approximate surface area is 208 Å². The van der Waals surface area contributed by atoms with E-state index in [1.54, 1.807) is 55.5 Å². The van der Waals surface area contributed by atoms with Crippen LogP contribution in [0.4, 0.5) is 5.69 Å². The fourth-order valence-corrected chi connectivity index (χ4v) is 5.85. The van der Waals surface area contributed by atoms with E-state index in [4.69, 9.17) is 4.74 Å². The molecule has 4 rings (SSSR count). The highest BCUT2D eigenvalue weighted by Crippen LogP contribution is 2.35. The van der Waals surface area contributed by atoms with Crippen molar-refractivity contribution in [2.75, 3.05) is 0 Å². The Hall–Kier alpha value is -4.05. The lowest BCUT2D eigenvalue weighted by atomic mass is 10.0. The summed E-state index contributed by atoms with van der Waals surface area (Å²) in [5, 5.41) is 11.0. The van der Waals surface area contributed by atoms with Crippen molar-refractivity contribution in [1.82, 2.24) is 4.31 Å². The SMILES string of the molecule is CCC1CC(C(=O)OC(c2ccccc2)c2ccccc2)N(S(=O)(=O)c2ccc([N+](=O)[O-])cc2)C1=O. The third kappa shape index (κ3) is 4.85. The Morgan fingerprint density at radius 1 is 1.00 bits per heavy atom. The lowest BCUT2D eigenvalue weighted by Gasteiger charge is -2.26. The fourth-order valence-electron chi connectivity index (χ4n) is 4.25. The summed E-state index contributed by atoms with van der Waals surface area (Å²) < 4.78 is 33.4. The smallest absolute Gasteiger partial charge is 0.331 e. The van der Waals surface area contributed by atoms with E-state index < -0.39 is 44.9 Å². The van der Waals surface area contributed by atoms with Crippen LogP contribution in [0.1, 0.15) is 37.0 Å². The molecule has 1 aliphatic rings. The second-order valence-electron chi connectivity index (χ2n) is 8.39. The summed E-state index contributed by atoms with van der Waals surface area (Å²) >= 11 is 0. The van der Waals surface area contributed by atoms with Crippen LogP contribution in [-0.4, -0.2) is 35.6 Å². The number of hydrogen-bond acceptors (Lipinski definition) is 7. The van der Waals surface area contributed by atoms with E-state index in [9.17, 15) is 28.1 Å². The molecule has 1 aliphatic heterocycles. The third-order valence-electron chi connectivity index (χ3n) is 6.17. The zero-order chi connectivity index (χ0) is 25.9. The summed E-state index contributed by atoms with van der Waals surface area (Å²) in [6.07, 6.45) is -0.480. The average molecular weight is 509 g/mol. The van der Waals surface area contributed by atoms with Gasteiger partial charge in [-0.2, -0.15) is 0 Å². The van der Waals surface area contributed by atoms with Crippen molar-refractivity contribution in [3.8, 4) is 0 Å². The number of ether oxygens (including phenoxy) is 1. The minimum Gasteiger partial charge on any atom is -0.451 e. The number of rotatable bonds is 8. The van der Waals surface area contributed by atoms with Gasteiger partial charge in [0.25, 0.3) is 15.7 Å². The zero-order valence-electron chi connectivity index (χ0n) is 19.4.